The van der Waals surface area contributed by atoms with Gasteiger partial charge in [-0.05, 0) is 37.1 Å². The molecule has 3 rings (SSSR count). The minimum absolute atomic E-state index is 0.0243. The first-order valence-electron chi connectivity index (χ1n) is 9.72. The number of benzene rings is 3. The largest absolute Gasteiger partial charge is 0.493 e. The number of aldehydes is 1. The lowest BCUT2D eigenvalue weighted by Gasteiger charge is -2.16. The van der Waals surface area contributed by atoms with E-state index in [1.807, 2.05) is 56.3 Å². The van der Waals surface area contributed by atoms with Gasteiger partial charge in [0.15, 0.2) is 17.8 Å². The molecule has 0 aliphatic carbocycles. The van der Waals surface area contributed by atoms with Gasteiger partial charge in [0, 0.05) is 22.0 Å². The van der Waals surface area contributed by atoms with Crippen molar-refractivity contribution in [3.8, 4) is 11.5 Å². The molecule has 158 valence electrons. The second-order valence-electron chi connectivity index (χ2n) is 6.74. The Hall–Kier alpha value is -2.37. The third-order valence-electron chi connectivity index (χ3n) is 4.05. The van der Waals surface area contributed by atoms with Crippen LogP contribution in [-0.4, -0.2) is 19.5 Å². The minimum atomic E-state index is 0.0243. The summed E-state index contributed by atoms with van der Waals surface area (Å²) in [5.41, 5.74) is 3.11. The van der Waals surface area contributed by atoms with Gasteiger partial charge in [0.1, 0.15) is 0 Å². The zero-order chi connectivity index (χ0) is 21.8. The van der Waals surface area contributed by atoms with Gasteiger partial charge in [0.05, 0.1) is 13.2 Å². The SMILES string of the molecule is COc1cc(SCc2ccccc2)c(C=O)cc1OC(C)C.SCc1ccccc1. The third kappa shape index (κ3) is 7.81. The predicted octanol–water partition coefficient (Wildman–Crippen LogP) is 6.70. The van der Waals surface area contributed by atoms with E-state index in [9.17, 15) is 4.79 Å². The smallest absolute Gasteiger partial charge is 0.162 e. The van der Waals surface area contributed by atoms with E-state index in [1.165, 1.54) is 11.1 Å². The molecule has 0 fully saturated rings. The van der Waals surface area contributed by atoms with Gasteiger partial charge < -0.3 is 9.47 Å². The molecule has 0 aliphatic heterocycles. The summed E-state index contributed by atoms with van der Waals surface area (Å²) in [5, 5.41) is 0. The molecule has 3 nitrogen and oxygen atoms in total. The summed E-state index contributed by atoms with van der Waals surface area (Å²) in [6, 6.07) is 23.9. The Morgan fingerprint density at radius 3 is 2.00 bits per heavy atom. The molecule has 0 radical (unpaired) electrons. The standard InChI is InChI=1S/C18H20O3S.C7H8S/c1-13(2)21-17-9-15(11-19)18(10-16(17)20-3)22-12-14-7-5-4-6-8-14;8-6-7-4-2-1-3-5-7/h4-11,13H,12H2,1-3H3;1-5,8H,6H2. The van der Waals surface area contributed by atoms with Crippen LogP contribution in [0, 0.1) is 0 Å². The molecule has 0 saturated heterocycles. The lowest BCUT2D eigenvalue weighted by molar-refractivity contribution is 0.112. The van der Waals surface area contributed by atoms with Crippen LogP contribution in [0.25, 0.3) is 0 Å². The van der Waals surface area contributed by atoms with Gasteiger partial charge in [0.2, 0.25) is 0 Å². The van der Waals surface area contributed by atoms with E-state index < -0.39 is 0 Å². The Balaban J connectivity index is 0.000000335. The fourth-order valence-electron chi connectivity index (χ4n) is 2.60. The summed E-state index contributed by atoms with van der Waals surface area (Å²) in [7, 11) is 1.61. The highest BCUT2D eigenvalue weighted by Crippen LogP contribution is 2.36. The number of carbonyl (C=O) groups is 1. The van der Waals surface area contributed by atoms with Crippen LogP contribution in [0.1, 0.15) is 35.3 Å². The van der Waals surface area contributed by atoms with Crippen molar-refractivity contribution in [3.63, 3.8) is 0 Å². The first-order valence-corrected chi connectivity index (χ1v) is 11.3. The van der Waals surface area contributed by atoms with Crippen molar-refractivity contribution in [1.82, 2.24) is 0 Å². The molecule has 0 saturated carbocycles. The maximum atomic E-state index is 11.4. The predicted molar refractivity (Wildman–Crippen MR) is 129 cm³/mol. The molecule has 0 unspecified atom stereocenters. The highest BCUT2D eigenvalue weighted by atomic mass is 32.2. The van der Waals surface area contributed by atoms with E-state index in [0.29, 0.717) is 17.1 Å². The first kappa shape index (κ1) is 23.9. The average molecular weight is 441 g/mol. The van der Waals surface area contributed by atoms with E-state index in [2.05, 4.69) is 36.9 Å². The van der Waals surface area contributed by atoms with Gasteiger partial charge in [0.25, 0.3) is 0 Å². The van der Waals surface area contributed by atoms with E-state index in [1.54, 1.807) is 24.9 Å². The fourth-order valence-corrected chi connectivity index (χ4v) is 3.79. The molecule has 0 spiro atoms. The lowest BCUT2D eigenvalue weighted by Crippen LogP contribution is -2.07. The maximum absolute atomic E-state index is 11.4. The maximum Gasteiger partial charge on any atom is 0.162 e. The van der Waals surface area contributed by atoms with Crippen molar-refractivity contribution >= 4 is 30.7 Å². The molecular formula is C25H28O3S2. The molecule has 0 N–H and O–H groups in total. The Labute approximate surface area is 189 Å². The van der Waals surface area contributed by atoms with Crippen LogP contribution >= 0.6 is 24.4 Å². The summed E-state index contributed by atoms with van der Waals surface area (Å²) < 4.78 is 11.1. The molecule has 30 heavy (non-hydrogen) atoms. The monoisotopic (exact) mass is 440 g/mol. The Bertz CT molecular complexity index is 897. The van der Waals surface area contributed by atoms with Gasteiger partial charge in [-0.1, -0.05) is 60.7 Å². The number of methoxy groups -OCH3 is 1. The van der Waals surface area contributed by atoms with Crippen molar-refractivity contribution in [2.45, 2.75) is 36.4 Å². The number of carbonyl (C=O) groups excluding carboxylic acids is 1. The molecule has 0 bridgehead atoms. The number of rotatable bonds is 8. The van der Waals surface area contributed by atoms with E-state index in [4.69, 9.17) is 9.47 Å². The van der Waals surface area contributed by atoms with Crippen molar-refractivity contribution in [2.75, 3.05) is 7.11 Å². The number of hydrogen-bond acceptors (Lipinski definition) is 5. The molecule has 3 aromatic rings. The molecule has 0 heterocycles. The molecule has 0 atom stereocenters. The van der Waals surface area contributed by atoms with Crippen LogP contribution in [0.5, 0.6) is 11.5 Å². The third-order valence-corrected chi connectivity index (χ3v) is 5.56. The summed E-state index contributed by atoms with van der Waals surface area (Å²) in [4.78, 5) is 12.3. The average Bonchev–Trinajstić information content (AvgIpc) is 2.79. The summed E-state index contributed by atoms with van der Waals surface area (Å²) >= 11 is 5.73. The molecule has 0 amide bonds. The fraction of sp³-hybridized carbons (Fsp3) is 0.240. The van der Waals surface area contributed by atoms with Crippen molar-refractivity contribution in [2.24, 2.45) is 0 Å². The summed E-state index contributed by atoms with van der Waals surface area (Å²) in [6.45, 7) is 3.89. The number of ether oxygens (including phenoxy) is 2. The molecular weight excluding hydrogens is 412 g/mol. The van der Waals surface area contributed by atoms with Crippen molar-refractivity contribution in [1.29, 1.82) is 0 Å². The Morgan fingerprint density at radius 1 is 0.933 bits per heavy atom. The summed E-state index contributed by atoms with van der Waals surface area (Å²) in [5.74, 6) is 2.88. The van der Waals surface area contributed by atoms with Gasteiger partial charge in [-0.15, -0.1) is 11.8 Å². The van der Waals surface area contributed by atoms with E-state index >= 15 is 0 Å². The summed E-state index contributed by atoms with van der Waals surface area (Å²) in [6.07, 6.45) is 0.885. The van der Waals surface area contributed by atoms with Crippen LogP contribution in [0.15, 0.2) is 77.7 Å². The van der Waals surface area contributed by atoms with Crippen LogP contribution in [0.4, 0.5) is 0 Å². The molecule has 0 aromatic heterocycles. The Kier molecular flexibility index (Phi) is 10.4. The Morgan fingerprint density at radius 2 is 1.53 bits per heavy atom. The van der Waals surface area contributed by atoms with E-state index in [0.717, 1.165) is 22.7 Å². The zero-order valence-electron chi connectivity index (χ0n) is 17.6. The van der Waals surface area contributed by atoms with Crippen molar-refractivity contribution in [3.05, 3.63) is 89.5 Å². The normalized spacial score (nSPS) is 10.2. The zero-order valence-corrected chi connectivity index (χ0v) is 19.3. The van der Waals surface area contributed by atoms with Gasteiger partial charge >= 0.3 is 0 Å². The first-order chi connectivity index (χ1) is 14.6. The second-order valence-corrected chi connectivity index (χ2v) is 8.08. The van der Waals surface area contributed by atoms with Gasteiger partial charge in [-0.2, -0.15) is 12.6 Å². The minimum Gasteiger partial charge on any atom is -0.493 e. The highest BCUT2D eigenvalue weighted by Gasteiger charge is 2.13. The second kappa shape index (κ2) is 13.0. The van der Waals surface area contributed by atoms with Crippen molar-refractivity contribution < 1.29 is 14.3 Å². The number of hydrogen-bond donors (Lipinski definition) is 1. The van der Waals surface area contributed by atoms with Crippen LogP contribution in [0.3, 0.4) is 0 Å². The number of thiol groups is 1. The molecule has 0 aliphatic rings. The molecule has 3 aromatic carbocycles. The molecule has 5 heteroatoms. The van der Waals surface area contributed by atoms with Crippen LogP contribution in [-0.2, 0) is 11.5 Å². The topological polar surface area (TPSA) is 35.5 Å². The van der Waals surface area contributed by atoms with Gasteiger partial charge in [-0.3, -0.25) is 4.79 Å². The highest BCUT2D eigenvalue weighted by molar-refractivity contribution is 7.98. The van der Waals surface area contributed by atoms with Crippen LogP contribution in [0.2, 0.25) is 0 Å². The quantitative estimate of drug-likeness (QED) is 0.240. The van der Waals surface area contributed by atoms with E-state index in [-0.39, 0.29) is 6.10 Å². The van der Waals surface area contributed by atoms with Crippen LogP contribution < -0.4 is 9.47 Å². The lowest BCUT2D eigenvalue weighted by atomic mass is 10.2. The number of thioether (sulfide) groups is 1. The van der Waals surface area contributed by atoms with Gasteiger partial charge in [-0.25, -0.2) is 0 Å².